The molecule has 0 N–H and O–H groups in total. The number of hydrogen-bond acceptors (Lipinski definition) is 3. The lowest BCUT2D eigenvalue weighted by atomic mass is 10.1. The monoisotopic (exact) mass is 267 g/mol. The molecule has 0 radical (unpaired) electrons. The van der Waals surface area contributed by atoms with Gasteiger partial charge in [0.2, 0.25) is 0 Å². The summed E-state index contributed by atoms with van der Waals surface area (Å²) in [6.45, 7) is 4.21. The number of pyridine rings is 1. The number of carbonyl (C=O) groups excluding carboxylic acids is 1. The number of rotatable bonds is 4. The van der Waals surface area contributed by atoms with E-state index in [4.69, 9.17) is 4.74 Å². The highest BCUT2D eigenvalue weighted by Gasteiger charge is 2.00. The largest absolute Gasteiger partial charge is 0.463 e. The SMILES string of the molecule is CCOC(=O)/C=C/c1cccc(-c2ccc(C)cc2)n1. The van der Waals surface area contributed by atoms with Crippen molar-refractivity contribution < 1.29 is 9.53 Å². The van der Waals surface area contributed by atoms with Crippen LogP contribution in [-0.2, 0) is 9.53 Å². The fraction of sp³-hybridized carbons (Fsp3) is 0.176. The zero-order chi connectivity index (χ0) is 14.4. The summed E-state index contributed by atoms with van der Waals surface area (Å²) in [6.07, 6.45) is 3.06. The lowest BCUT2D eigenvalue weighted by Crippen LogP contribution is -1.98. The molecule has 2 rings (SSSR count). The van der Waals surface area contributed by atoms with Gasteiger partial charge in [-0.05, 0) is 32.1 Å². The number of aryl methyl sites for hydroxylation is 1. The molecule has 0 atom stereocenters. The second-order valence-electron chi connectivity index (χ2n) is 4.40. The lowest BCUT2D eigenvalue weighted by Gasteiger charge is -2.02. The molecule has 0 saturated carbocycles. The van der Waals surface area contributed by atoms with Crippen molar-refractivity contribution in [2.24, 2.45) is 0 Å². The summed E-state index contributed by atoms with van der Waals surface area (Å²) in [7, 11) is 0. The first kappa shape index (κ1) is 14.0. The van der Waals surface area contributed by atoms with Gasteiger partial charge in [-0.1, -0.05) is 35.9 Å². The van der Waals surface area contributed by atoms with Gasteiger partial charge in [0, 0.05) is 11.6 Å². The highest BCUT2D eigenvalue weighted by Crippen LogP contribution is 2.18. The molecular formula is C17H17NO2. The number of esters is 1. The maximum atomic E-state index is 11.3. The van der Waals surface area contributed by atoms with E-state index in [0.717, 1.165) is 17.0 Å². The summed E-state index contributed by atoms with van der Waals surface area (Å²) in [5.41, 5.74) is 3.89. The zero-order valence-electron chi connectivity index (χ0n) is 11.7. The molecule has 0 saturated heterocycles. The Bertz CT molecular complexity index is 615. The number of ether oxygens (including phenoxy) is 1. The summed E-state index contributed by atoms with van der Waals surface area (Å²) >= 11 is 0. The molecule has 2 aromatic rings. The molecule has 102 valence electrons. The third kappa shape index (κ3) is 3.79. The van der Waals surface area contributed by atoms with Gasteiger partial charge in [0.25, 0.3) is 0 Å². The van der Waals surface area contributed by atoms with E-state index in [1.807, 2.05) is 30.3 Å². The van der Waals surface area contributed by atoms with Gasteiger partial charge in [-0.3, -0.25) is 0 Å². The molecule has 3 nitrogen and oxygen atoms in total. The first-order valence-corrected chi connectivity index (χ1v) is 6.58. The van der Waals surface area contributed by atoms with Crippen molar-refractivity contribution in [3.63, 3.8) is 0 Å². The standard InChI is InChI=1S/C17H17NO2/c1-3-20-17(19)12-11-15-5-4-6-16(18-15)14-9-7-13(2)8-10-14/h4-12H,3H2,1-2H3/b12-11+. The molecule has 3 heteroatoms. The van der Waals surface area contributed by atoms with Gasteiger partial charge in [0.05, 0.1) is 18.0 Å². The molecule has 1 aromatic heterocycles. The number of nitrogens with zero attached hydrogens (tertiary/aromatic N) is 1. The lowest BCUT2D eigenvalue weighted by molar-refractivity contribution is -0.137. The molecule has 0 amide bonds. The Morgan fingerprint density at radius 1 is 1.20 bits per heavy atom. The minimum Gasteiger partial charge on any atom is -0.463 e. The maximum absolute atomic E-state index is 11.3. The van der Waals surface area contributed by atoms with Crippen LogP contribution in [0.3, 0.4) is 0 Å². The topological polar surface area (TPSA) is 39.2 Å². The molecule has 0 unspecified atom stereocenters. The second kappa shape index (κ2) is 6.66. The average molecular weight is 267 g/mol. The Kier molecular flexibility index (Phi) is 4.66. The molecule has 0 fully saturated rings. The van der Waals surface area contributed by atoms with Gasteiger partial charge in [0.15, 0.2) is 0 Å². The molecule has 0 spiro atoms. The molecule has 0 aliphatic heterocycles. The zero-order valence-corrected chi connectivity index (χ0v) is 11.7. The van der Waals surface area contributed by atoms with E-state index < -0.39 is 0 Å². The molecule has 1 aromatic carbocycles. The molecule has 1 heterocycles. The van der Waals surface area contributed by atoms with Gasteiger partial charge in [-0.2, -0.15) is 0 Å². The first-order chi connectivity index (χ1) is 9.69. The number of hydrogen-bond donors (Lipinski definition) is 0. The summed E-state index contributed by atoms with van der Waals surface area (Å²) in [4.78, 5) is 15.8. The first-order valence-electron chi connectivity index (χ1n) is 6.58. The highest BCUT2D eigenvalue weighted by atomic mass is 16.5. The van der Waals surface area contributed by atoms with Crippen LogP contribution in [0.2, 0.25) is 0 Å². The van der Waals surface area contributed by atoms with Crippen LogP contribution in [0.25, 0.3) is 17.3 Å². The minimum absolute atomic E-state index is 0.352. The summed E-state index contributed by atoms with van der Waals surface area (Å²) < 4.78 is 4.84. The molecule has 0 bridgehead atoms. The summed E-state index contributed by atoms with van der Waals surface area (Å²) in [5, 5.41) is 0. The van der Waals surface area contributed by atoms with Crippen molar-refractivity contribution >= 4 is 12.0 Å². The predicted molar refractivity (Wildman–Crippen MR) is 80.1 cm³/mol. The van der Waals surface area contributed by atoms with Crippen molar-refractivity contribution in [1.82, 2.24) is 4.98 Å². The molecule has 20 heavy (non-hydrogen) atoms. The Labute approximate surface area is 118 Å². The number of aromatic nitrogens is 1. The van der Waals surface area contributed by atoms with Crippen LogP contribution < -0.4 is 0 Å². The van der Waals surface area contributed by atoms with Gasteiger partial charge < -0.3 is 4.74 Å². The van der Waals surface area contributed by atoms with Crippen LogP contribution in [-0.4, -0.2) is 17.6 Å². The molecule has 0 aliphatic carbocycles. The minimum atomic E-state index is -0.352. The van der Waals surface area contributed by atoms with Crippen LogP contribution in [0.4, 0.5) is 0 Å². The van der Waals surface area contributed by atoms with E-state index in [1.165, 1.54) is 11.6 Å². The normalized spacial score (nSPS) is 10.7. The van der Waals surface area contributed by atoms with Crippen LogP contribution in [0.15, 0.2) is 48.5 Å². The maximum Gasteiger partial charge on any atom is 0.330 e. The predicted octanol–water partition coefficient (Wildman–Crippen LogP) is 3.63. The summed E-state index contributed by atoms with van der Waals surface area (Å²) in [5.74, 6) is -0.352. The van der Waals surface area contributed by atoms with Gasteiger partial charge in [-0.25, -0.2) is 9.78 Å². The number of benzene rings is 1. The van der Waals surface area contributed by atoms with Crippen molar-refractivity contribution in [1.29, 1.82) is 0 Å². The highest BCUT2D eigenvalue weighted by molar-refractivity contribution is 5.86. The van der Waals surface area contributed by atoms with Gasteiger partial charge in [-0.15, -0.1) is 0 Å². The van der Waals surface area contributed by atoms with Gasteiger partial charge in [0.1, 0.15) is 0 Å². The smallest absolute Gasteiger partial charge is 0.330 e. The third-order valence-corrected chi connectivity index (χ3v) is 2.79. The van der Waals surface area contributed by atoms with Crippen molar-refractivity contribution in [2.45, 2.75) is 13.8 Å². The second-order valence-corrected chi connectivity index (χ2v) is 4.40. The van der Waals surface area contributed by atoms with Crippen LogP contribution in [0, 0.1) is 6.92 Å². The van der Waals surface area contributed by atoms with E-state index in [2.05, 4.69) is 24.0 Å². The fourth-order valence-corrected chi connectivity index (χ4v) is 1.77. The third-order valence-electron chi connectivity index (χ3n) is 2.79. The fourth-order valence-electron chi connectivity index (χ4n) is 1.77. The average Bonchev–Trinajstić information content (AvgIpc) is 2.47. The van der Waals surface area contributed by atoms with E-state index in [0.29, 0.717) is 6.61 Å². The Hall–Kier alpha value is -2.42. The van der Waals surface area contributed by atoms with E-state index in [-0.39, 0.29) is 5.97 Å². The molecule has 0 aliphatic rings. The van der Waals surface area contributed by atoms with E-state index in [9.17, 15) is 4.79 Å². The van der Waals surface area contributed by atoms with Gasteiger partial charge >= 0.3 is 5.97 Å². The van der Waals surface area contributed by atoms with Crippen molar-refractivity contribution in [2.75, 3.05) is 6.61 Å². The van der Waals surface area contributed by atoms with E-state index in [1.54, 1.807) is 13.0 Å². The number of carbonyl (C=O) groups is 1. The van der Waals surface area contributed by atoms with Crippen LogP contribution in [0.1, 0.15) is 18.2 Å². The van der Waals surface area contributed by atoms with Crippen LogP contribution in [0.5, 0.6) is 0 Å². The van der Waals surface area contributed by atoms with Crippen molar-refractivity contribution in [3.05, 3.63) is 59.8 Å². The summed E-state index contributed by atoms with van der Waals surface area (Å²) in [6, 6.07) is 13.9. The Balaban J connectivity index is 2.20. The van der Waals surface area contributed by atoms with Crippen molar-refractivity contribution in [3.8, 4) is 11.3 Å². The van der Waals surface area contributed by atoms with E-state index >= 15 is 0 Å². The quantitative estimate of drug-likeness (QED) is 0.627. The Morgan fingerprint density at radius 2 is 1.95 bits per heavy atom. The van der Waals surface area contributed by atoms with Crippen LogP contribution >= 0.6 is 0 Å². The molecular weight excluding hydrogens is 250 g/mol. The Morgan fingerprint density at radius 3 is 2.65 bits per heavy atom.